The fourth-order valence-electron chi connectivity index (χ4n) is 2.22. The number of benzene rings is 1. The van der Waals surface area contributed by atoms with E-state index < -0.39 is 0 Å². The molecule has 0 saturated heterocycles. The monoisotopic (exact) mass is 290 g/mol. The maximum atomic E-state index is 13.7. The molecule has 2 N–H and O–H groups in total. The first-order valence-electron chi connectivity index (χ1n) is 6.35. The highest BCUT2D eigenvalue weighted by atomic mass is 32.1. The zero-order valence-electron chi connectivity index (χ0n) is 11.0. The van der Waals surface area contributed by atoms with Gasteiger partial charge in [0.05, 0.1) is 6.54 Å². The Kier molecular flexibility index (Phi) is 3.46. The van der Waals surface area contributed by atoms with Gasteiger partial charge < -0.3 is 10.6 Å². The summed E-state index contributed by atoms with van der Waals surface area (Å²) >= 11 is 1.69. The molecule has 20 heavy (non-hydrogen) atoms. The fourth-order valence-corrected chi connectivity index (χ4v) is 3.17. The number of thiophene rings is 1. The number of halogens is 1. The van der Waals surface area contributed by atoms with Crippen LogP contribution < -0.4 is 5.73 Å². The van der Waals surface area contributed by atoms with Gasteiger partial charge in [-0.1, -0.05) is 18.2 Å². The third-order valence-corrected chi connectivity index (χ3v) is 4.26. The van der Waals surface area contributed by atoms with Crippen molar-refractivity contribution in [1.82, 2.24) is 5.06 Å². The van der Waals surface area contributed by atoms with E-state index in [-0.39, 0.29) is 11.9 Å². The summed E-state index contributed by atoms with van der Waals surface area (Å²) in [7, 11) is 0. The lowest BCUT2D eigenvalue weighted by Crippen LogP contribution is -2.23. The van der Waals surface area contributed by atoms with Crippen LogP contribution in [0.25, 0.3) is 0 Å². The van der Waals surface area contributed by atoms with Crippen LogP contribution in [-0.2, 0) is 11.4 Å². The first-order valence-corrected chi connectivity index (χ1v) is 7.17. The van der Waals surface area contributed by atoms with E-state index >= 15 is 0 Å². The van der Waals surface area contributed by atoms with Gasteiger partial charge >= 0.3 is 0 Å². The van der Waals surface area contributed by atoms with Crippen LogP contribution in [-0.4, -0.2) is 5.06 Å². The molecule has 1 unspecified atom stereocenters. The van der Waals surface area contributed by atoms with Crippen LogP contribution >= 0.6 is 11.3 Å². The highest BCUT2D eigenvalue weighted by molar-refractivity contribution is 7.12. The Morgan fingerprint density at radius 3 is 2.80 bits per heavy atom. The van der Waals surface area contributed by atoms with Gasteiger partial charge in [-0.25, -0.2) is 4.39 Å². The molecule has 104 valence electrons. The summed E-state index contributed by atoms with van der Waals surface area (Å²) in [5, 5.41) is 1.71. The van der Waals surface area contributed by atoms with E-state index in [0.29, 0.717) is 18.0 Å². The number of aryl methyl sites for hydroxylation is 1. The lowest BCUT2D eigenvalue weighted by atomic mass is 10.1. The minimum atomic E-state index is -0.234. The topological polar surface area (TPSA) is 38.5 Å². The summed E-state index contributed by atoms with van der Waals surface area (Å²) < 4.78 is 13.7. The molecule has 2 aromatic rings. The van der Waals surface area contributed by atoms with Crippen molar-refractivity contribution in [2.45, 2.75) is 19.5 Å². The Bertz CT molecular complexity index is 653. The molecule has 1 aromatic heterocycles. The van der Waals surface area contributed by atoms with Gasteiger partial charge in [0.25, 0.3) is 0 Å². The van der Waals surface area contributed by atoms with Crippen molar-refractivity contribution >= 4 is 11.3 Å². The molecule has 0 bridgehead atoms. The number of hydroxylamine groups is 2. The van der Waals surface area contributed by atoms with Crippen LogP contribution in [0.3, 0.4) is 0 Å². The van der Waals surface area contributed by atoms with Crippen molar-refractivity contribution in [2.75, 3.05) is 0 Å². The molecule has 2 heterocycles. The first-order chi connectivity index (χ1) is 9.63. The summed E-state index contributed by atoms with van der Waals surface area (Å²) in [6.07, 6.45) is 1.85. The van der Waals surface area contributed by atoms with Crippen LogP contribution in [0.15, 0.2) is 48.4 Å². The molecule has 0 fully saturated rings. The van der Waals surface area contributed by atoms with Gasteiger partial charge in [-0.05, 0) is 25.1 Å². The average molecular weight is 290 g/mol. The van der Waals surface area contributed by atoms with E-state index in [1.165, 1.54) is 10.9 Å². The largest absolute Gasteiger partial charge is 0.387 e. The average Bonchev–Trinajstić information content (AvgIpc) is 2.98. The van der Waals surface area contributed by atoms with E-state index in [4.69, 9.17) is 10.6 Å². The highest BCUT2D eigenvalue weighted by Crippen LogP contribution is 2.35. The molecule has 1 aromatic carbocycles. The van der Waals surface area contributed by atoms with Gasteiger partial charge in [0.1, 0.15) is 11.9 Å². The second-order valence-electron chi connectivity index (χ2n) is 4.72. The van der Waals surface area contributed by atoms with E-state index in [0.717, 1.165) is 4.88 Å². The van der Waals surface area contributed by atoms with Crippen LogP contribution in [0, 0.1) is 12.7 Å². The second kappa shape index (κ2) is 5.26. The molecule has 1 aliphatic rings. The van der Waals surface area contributed by atoms with Gasteiger partial charge in [-0.2, -0.15) is 0 Å². The number of hydrogen-bond donors (Lipinski definition) is 1. The van der Waals surface area contributed by atoms with Crippen LogP contribution in [0.1, 0.15) is 21.4 Å². The predicted octanol–water partition coefficient (Wildman–Crippen LogP) is 3.48. The van der Waals surface area contributed by atoms with Gasteiger partial charge in [0, 0.05) is 21.4 Å². The van der Waals surface area contributed by atoms with E-state index in [2.05, 4.69) is 19.1 Å². The fraction of sp³-hybridized carbons (Fsp3) is 0.200. The van der Waals surface area contributed by atoms with Gasteiger partial charge in [-0.3, -0.25) is 0 Å². The SMILES string of the molecule is Cc1ccc(C2C=C(N)ON2Cc2ccccc2F)s1. The quantitative estimate of drug-likeness (QED) is 0.940. The molecular weight excluding hydrogens is 275 g/mol. The summed E-state index contributed by atoms with van der Waals surface area (Å²) in [6.45, 7) is 2.41. The lowest BCUT2D eigenvalue weighted by Gasteiger charge is -2.22. The van der Waals surface area contributed by atoms with Crippen LogP contribution in [0.5, 0.6) is 0 Å². The molecular formula is C15H15FN2OS. The van der Waals surface area contributed by atoms with E-state index in [9.17, 15) is 4.39 Å². The molecule has 3 rings (SSSR count). The van der Waals surface area contributed by atoms with E-state index in [1.54, 1.807) is 28.5 Å². The van der Waals surface area contributed by atoms with Gasteiger partial charge in [0.2, 0.25) is 5.88 Å². The first kappa shape index (κ1) is 13.1. The lowest BCUT2D eigenvalue weighted by molar-refractivity contribution is -0.127. The van der Waals surface area contributed by atoms with Crippen molar-refractivity contribution in [3.05, 3.63) is 69.5 Å². The number of nitrogens with zero attached hydrogens (tertiary/aromatic N) is 1. The summed E-state index contributed by atoms with van der Waals surface area (Å²) in [5.74, 6) is 0.125. The Morgan fingerprint density at radius 2 is 2.10 bits per heavy atom. The summed E-state index contributed by atoms with van der Waals surface area (Å²) in [4.78, 5) is 7.87. The zero-order valence-corrected chi connectivity index (χ0v) is 11.9. The molecule has 0 radical (unpaired) electrons. The van der Waals surface area contributed by atoms with Crippen LogP contribution in [0.4, 0.5) is 4.39 Å². The molecule has 1 atom stereocenters. The minimum absolute atomic E-state index is 0.0618. The predicted molar refractivity (Wildman–Crippen MR) is 77.1 cm³/mol. The standard InChI is InChI=1S/C15H15FN2OS/c1-10-6-7-14(20-10)13-8-15(17)19-18(13)9-11-4-2-3-5-12(11)16/h2-8,13H,9,17H2,1H3. The van der Waals surface area contributed by atoms with Gasteiger partial charge in [-0.15, -0.1) is 16.4 Å². The molecule has 0 amide bonds. The molecule has 0 spiro atoms. The van der Waals surface area contributed by atoms with Gasteiger partial charge in [0.15, 0.2) is 0 Å². The molecule has 5 heteroatoms. The molecule has 1 aliphatic heterocycles. The summed E-state index contributed by atoms with van der Waals surface area (Å²) in [5.41, 5.74) is 6.35. The van der Waals surface area contributed by atoms with Crippen molar-refractivity contribution < 1.29 is 9.23 Å². The van der Waals surface area contributed by atoms with Crippen molar-refractivity contribution in [1.29, 1.82) is 0 Å². The number of hydrogen-bond acceptors (Lipinski definition) is 4. The summed E-state index contributed by atoms with van der Waals surface area (Å²) in [6, 6.07) is 10.7. The molecule has 3 nitrogen and oxygen atoms in total. The molecule has 0 saturated carbocycles. The van der Waals surface area contributed by atoms with Crippen molar-refractivity contribution in [3.8, 4) is 0 Å². The van der Waals surface area contributed by atoms with E-state index in [1.807, 2.05) is 12.1 Å². The Labute approximate surface area is 121 Å². The van der Waals surface area contributed by atoms with Crippen molar-refractivity contribution in [2.24, 2.45) is 5.73 Å². The Morgan fingerprint density at radius 1 is 1.30 bits per heavy atom. The minimum Gasteiger partial charge on any atom is -0.387 e. The third kappa shape index (κ3) is 2.55. The third-order valence-electron chi connectivity index (χ3n) is 3.19. The Hall–Kier alpha value is -1.85. The van der Waals surface area contributed by atoms with Crippen molar-refractivity contribution in [3.63, 3.8) is 0 Å². The zero-order chi connectivity index (χ0) is 14.1. The Balaban J connectivity index is 1.84. The maximum absolute atomic E-state index is 13.7. The second-order valence-corrected chi connectivity index (χ2v) is 6.04. The molecule has 0 aliphatic carbocycles. The normalized spacial score (nSPS) is 18.9. The van der Waals surface area contributed by atoms with Crippen LogP contribution in [0.2, 0.25) is 0 Å². The maximum Gasteiger partial charge on any atom is 0.207 e. The number of rotatable bonds is 3. The highest BCUT2D eigenvalue weighted by Gasteiger charge is 2.29. The smallest absolute Gasteiger partial charge is 0.207 e. The number of nitrogens with two attached hydrogens (primary N) is 1.